The minimum atomic E-state index is -1.16. The molecule has 0 N–H and O–H groups in total. The van der Waals surface area contributed by atoms with Crippen LogP contribution in [-0.2, 0) is 4.43 Å². The highest BCUT2D eigenvalue weighted by Gasteiger charge is 2.19. The molecule has 1 aromatic heterocycles. The van der Waals surface area contributed by atoms with Gasteiger partial charge in [0.1, 0.15) is 0 Å². The van der Waals surface area contributed by atoms with E-state index in [0.29, 0.717) is 0 Å². The van der Waals surface area contributed by atoms with Gasteiger partial charge in [0.25, 0.3) is 0 Å². The van der Waals surface area contributed by atoms with Gasteiger partial charge in [0.15, 0.2) is 0 Å². The Hall–Kier alpha value is -0.743. The predicted molar refractivity (Wildman–Crippen MR) is 48.8 cm³/mol. The molecule has 1 atom stereocenters. The third-order valence-electron chi connectivity index (χ3n) is 2.09. The van der Waals surface area contributed by atoms with Crippen LogP contribution in [0.25, 0.3) is 0 Å². The second-order valence-corrected chi connectivity index (χ2v) is 5.46. The zero-order chi connectivity index (χ0) is 8.23. The lowest BCUT2D eigenvalue weighted by molar-refractivity contribution is 0.294. The van der Waals surface area contributed by atoms with Gasteiger partial charge in [-0.05, 0) is 12.5 Å². The first-order valence-corrected chi connectivity index (χ1v) is 6.21. The molecule has 0 spiro atoms. The molecule has 64 valence electrons. The summed E-state index contributed by atoms with van der Waals surface area (Å²) in [7, 11) is -1.16. The van der Waals surface area contributed by atoms with E-state index >= 15 is 0 Å². The van der Waals surface area contributed by atoms with Crippen LogP contribution in [0.5, 0.6) is 0 Å². The monoisotopic (exact) mass is 180 g/mol. The highest BCUT2D eigenvalue weighted by molar-refractivity contribution is 6.66. The molecule has 4 heteroatoms. The molecule has 1 saturated heterocycles. The van der Waals surface area contributed by atoms with E-state index in [1.807, 2.05) is 6.20 Å². The SMILES string of the molecule is c1cnc([SiH]2CCCCO2)cn1. The third-order valence-corrected chi connectivity index (χ3v) is 4.62. The molecule has 2 heterocycles. The van der Waals surface area contributed by atoms with Crippen molar-refractivity contribution >= 4 is 14.4 Å². The second-order valence-electron chi connectivity index (χ2n) is 2.99. The Kier molecular flexibility index (Phi) is 2.48. The molecule has 3 nitrogen and oxygen atoms in total. The highest BCUT2D eigenvalue weighted by Crippen LogP contribution is 2.09. The number of nitrogens with zero attached hydrogens (tertiary/aromatic N) is 2. The Morgan fingerprint density at radius 3 is 3.00 bits per heavy atom. The van der Waals surface area contributed by atoms with Gasteiger partial charge >= 0.3 is 0 Å². The summed E-state index contributed by atoms with van der Waals surface area (Å²) in [6, 6.07) is 1.22. The van der Waals surface area contributed by atoms with Crippen molar-refractivity contribution in [1.82, 2.24) is 9.97 Å². The first kappa shape index (κ1) is 7.88. The maximum atomic E-state index is 5.70. The summed E-state index contributed by atoms with van der Waals surface area (Å²) < 4.78 is 5.70. The minimum Gasteiger partial charge on any atom is -0.414 e. The van der Waals surface area contributed by atoms with Gasteiger partial charge in [-0.15, -0.1) is 0 Å². The van der Waals surface area contributed by atoms with Crippen LogP contribution in [0.3, 0.4) is 0 Å². The lowest BCUT2D eigenvalue weighted by atomic mass is 10.4. The normalized spacial score (nSPS) is 23.8. The summed E-state index contributed by atoms with van der Waals surface area (Å²) >= 11 is 0. The van der Waals surface area contributed by atoms with Crippen LogP contribution in [0, 0.1) is 0 Å². The maximum Gasteiger partial charge on any atom is 0.229 e. The lowest BCUT2D eigenvalue weighted by Gasteiger charge is -2.19. The summed E-state index contributed by atoms with van der Waals surface area (Å²) in [5.41, 5.74) is 0. The largest absolute Gasteiger partial charge is 0.414 e. The first-order valence-electron chi connectivity index (χ1n) is 4.34. The van der Waals surface area contributed by atoms with Gasteiger partial charge in [-0.1, -0.05) is 6.42 Å². The fourth-order valence-corrected chi connectivity index (χ4v) is 3.70. The van der Waals surface area contributed by atoms with Gasteiger partial charge in [0.05, 0.1) is 5.32 Å². The molecule has 1 aromatic rings. The third kappa shape index (κ3) is 1.70. The van der Waals surface area contributed by atoms with E-state index in [2.05, 4.69) is 9.97 Å². The van der Waals surface area contributed by atoms with Crippen LogP contribution < -0.4 is 5.32 Å². The Balaban J connectivity index is 2.08. The number of aromatic nitrogens is 2. The van der Waals surface area contributed by atoms with Crippen LogP contribution in [0.1, 0.15) is 12.8 Å². The summed E-state index contributed by atoms with van der Waals surface area (Å²) in [6.45, 7) is 0.924. The van der Waals surface area contributed by atoms with Gasteiger partial charge in [0, 0.05) is 25.2 Å². The molecular weight excluding hydrogens is 168 g/mol. The number of hydrogen-bond donors (Lipinski definition) is 0. The molecule has 0 aromatic carbocycles. The Morgan fingerprint density at radius 2 is 2.33 bits per heavy atom. The molecule has 2 rings (SSSR count). The average molecular weight is 180 g/mol. The average Bonchev–Trinajstić information content (AvgIpc) is 2.21. The van der Waals surface area contributed by atoms with Gasteiger partial charge in [-0.3, -0.25) is 9.97 Å². The fourth-order valence-electron chi connectivity index (χ4n) is 1.45. The predicted octanol–water partition coefficient (Wildman–Crippen LogP) is 0.218. The summed E-state index contributed by atoms with van der Waals surface area (Å²) in [4.78, 5) is 8.33. The van der Waals surface area contributed by atoms with Gasteiger partial charge in [0.2, 0.25) is 9.04 Å². The summed E-state index contributed by atoms with van der Waals surface area (Å²) in [5.74, 6) is 0. The van der Waals surface area contributed by atoms with Crippen molar-refractivity contribution in [3.05, 3.63) is 18.6 Å². The van der Waals surface area contributed by atoms with E-state index in [4.69, 9.17) is 4.43 Å². The van der Waals surface area contributed by atoms with E-state index in [-0.39, 0.29) is 0 Å². The fraction of sp³-hybridized carbons (Fsp3) is 0.500. The molecule has 0 radical (unpaired) electrons. The first-order chi connectivity index (χ1) is 5.97. The van der Waals surface area contributed by atoms with Crippen LogP contribution >= 0.6 is 0 Å². The van der Waals surface area contributed by atoms with E-state index < -0.39 is 9.04 Å². The minimum absolute atomic E-state index is 0.924. The van der Waals surface area contributed by atoms with Crippen molar-refractivity contribution in [1.29, 1.82) is 0 Å². The smallest absolute Gasteiger partial charge is 0.229 e. The van der Waals surface area contributed by atoms with Crippen LogP contribution in [0.2, 0.25) is 6.04 Å². The molecular formula is C8H12N2OSi. The van der Waals surface area contributed by atoms with Gasteiger partial charge in [-0.2, -0.15) is 0 Å². The van der Waals surface area contributed by atoms with Crippen LogP contribution in [-0.4, -0.2) is 25.6 Å². The highest BCUT2D eigenvalue weighted by atomic mass is 28.3. The molecule has 1 aliphatic heterocycles. The van der Waals surface area contributed by atoms with Gasteiger partial charge < -0.3 is 4.43 Å². The molecule has 1 unspecified atom stereocenters. The topological polar surface area (TPSA) is 35.0 Å². The molecule has 1 aliphatic rings. The second kappa shape index (κ2) is 3.78. The zero-order valence-electron chi connectivity index (χ0n) is 6.94. The zero-order valence-corrected chi connectivity index (χ0v) is 8.10. The molecule has 0 bridgehead atoms. The standard InChI is InChI=1S/C8H12N2OSi/c1-2-6-12(11-5-1)8-7-9-3-4-10-8/h3-4,7,12H,1-2,5-6H2. The molecule has 12 heavy (non-hydrogen) atoms. The van der Waals surface area contributed by atoms with Crippen LogP contribution in [0.4, 0.5) is 0 Å². The molecule has 0 saturated carbocycles. The van der Waals surface area contributed by atoms with Crippen molar-refractivity contribution in [2.75, 3.05) is 6.61 Å². The van der Waals surface area contributed by atoms with E-state index in [0.717, 1.165) is 11.9 Å². The number of rotatable bonds is 1. The van der Waals surface area contributed by atoms with Gasteiger partial charge in [-0.25, -0.2) is 0 Å². The van der Waals surface area contributed by atoms with Crippen molar-refractivity contribution in [3.63, 3.8) is 0 Å². The van der Waals surface area contributed by atoms with Crippen molar-refractivity contribution in [2.24, 2.45) is 0 Å². The van der Waals surface area contributed by atoms with Crippen LogP contribution in [0.15, 0.2) is 18.6 Å². The maximum absolute atomic E-state index is 5.70. The summed E-state index contributed by atoms with van der Waals surface area (Å²) in [5, 5.41) is 1.11. The Morgan fingerprint density at radius 1 is 1.33 bits per heavy atom. The Bertz CT molecular complexity index is 236. The van der Waals surface area contributed by atoms with E-state index in [9.17, 15) is 0 Å². The van der Waals surface area contributed by atoms with E-state index in [1.54, 1.807) is 12.4 Å². The lowest BCUT2D eigenvalue weighted by Crippen LogP contribution is -2.38. The quantitative estimate of drug-likeness (QED) is 0.580. The van der Waals surface area contributed by atoms with Crippen molar-refractivity contribution in [2.45, 2.75) is 18.9 Å². The Labute approximate surface area is 73.5 Å². The summed E-state index contributed by atoms with van der Waals surface area (Å²) in [6.07, 6.45) is 7.82. The molecule has 1 fully saturated rings. The van der Waals surface area contributed by atoms with E-state index in [1.165, 1.54) is 18.9 Å². The molecule has 0 amide bonds. The number of hydrogen-bond acceptors (Lipinski definition) is 3. The molecule has 0 aliphatic carbocycles. The van der Waals surface area contributed by atoms with Crippen molar-refractivity contribution in [3.8, 4) is 0 Å². The van der Waals surface area contributed by atoms with Crippen molar-refractivity contribution < 1.29 is 4.43 Å².